The van der Waals surface area contributed by atoms with E-state index in [2.05, 4.69) is 4.98 Å². The van der Waals surface area contributed by atoms with Crippen LogP contribution in [0.15, 0.2) is 71.7 Å². The van der Waals surface area contributed by atoms with E-state index in [0.29, 0.717) is 16.1 Å². The van der Waals surface area contributed by atoms with Gasteiger partial charge in [0.25, 0.3) is 11.5 Å². The molecule has 2 heterocycles. The predicted molar refractivity (Wildman–Crippen MR) is 126 cm³/mol. The molecule has 0 aliphatic carbocycles. The number of halogens is 1. The molecule has 2 aromatic carbocycles. The van der Waals surface area contributed by atoms with E-state index in [4.69, 9.17) is 23.1 Å². The number of aromatic nitrogens is 2. The van der Waals surface area contributed by atoms with E-state index in [9.17, 15) is 9.59 Å². The lowest BCUT2D eigenvalue weighted by molar-refractivity contribution is 0.100. The highest BCUT2D eigenvalue weighted by Gasteiger charge is 2.12. The van der Waals surface area contributed by atoms with Gasteiger partial charge in [-0.05, 0) is 49.1 Å². The van der Waals surface area contributed by atoms with Gasteiger partial charge in [0.2, 0.25) is 0 Å². The maximum atomic E-state index is 12.8. The van der Waals surface area contributed by atoms with Crippen molar-refractivity contribution in [3.63, 3.8) is 0 Å². The molecule has 0 spiro atoms. The first-order valence-electron chi connectivity index (χ1n) is 9.74. The van der Waals surface area contributed by atoms with E-state index < -0.39 is 5.91 Å². The van der Waals surface area contributed by atoms with Crippen molar-refractivity contribution < 1.29 is 4.79 Å². The fourth-order valence-corrected chi connectivity index (χ4v) is 3.54. The molecule has 0 fully saturated rings. The van der Waals surface area contributed by atoms with Crippen molar-refractivity contribution in [2.24, 2.45) is 5.73 Å². The Morgan fingerprint density at radius 3 is 2.42 bits per heavy atom. The summed E-state index contributed by atoms with van der Waals surface area (Å²) in [4.78, 5) is 27.3. The van der Waals surface area contributed by atoms with Crippen molar-refractivity contribution in [2.45, 2.75) is 20.3 Å². The Morgan fingerprint density at radius 1 is 1.10 bits per heavy atom. The molecule has 6 nitrogen and oxygen atoms in total. The molecule has 0 radical (unpaired) electrons. The Hall–Kier alpha value is -3.64. The number of nitrogens with two attached hydrogens (primary N) is 2. The van der Waals surface area contributed by atoms with Gasteiger partial charge in [0, 0.05) is 29.0 Å². The highest BCUT2D eigenvalue weighted by molar-refractivity contribution is 6.35. The lowest BCUT2D eigenvalue weighted by atomic mass is 10.1. The molecule has 7 heteroatoms. The maximum absolute atomic E-state index is 12.8. The van der Waals surface area contributed by atoms with E-state index in [1.54, 1.807) is 23.6 Å². The molecule has 0 saturated carbocycles. The molecular formula is C24H23ClN4O2. The number of pyridine rings is 2. The minimum Gasteiger partial charge on any atom is -0.398 e. The Bertz CT molecular complexity index is 1300. The van der Waals surface area contributed by atoms with Crippen molar-refractivity contribution >= 4 is 34.0 Å². The number of primary amides is 1. The molecular weight excluding hydrogens is 412 g/mol. The van der Waals surface area contributed by atoms with Gasteiger partial charge in [-0.25, -0.2) is 0 Å². The summed E-state index contributed by atoms with van der Waals surface area (Å²) in [6.45, 7) is 3.84. The van der Waals surface area contributed by atoms with Gasteiger partial charge in [0.15, 0.2) is 0 Å². The first-order valence-corrected chi connectivity index (χ1v) is 10.1. The fourth-order valence-electron chi connectivity index (χ4n) is 3.28. The topological polar surface area (TPSA) is 104 Å². The van der Waals surface area contributed by atoms with E-state index in [-0.39, 0.29) is 11.1 Å². The monoisotopic (exact) mass is 434 g/mol. The van der Waals surface area contributed by atoms with Gasteiger partial charge >= 0.3 is 0 Å². The summed E-state index contributed by atoms with van der Waals surface area (Å²) >= 11 is 6.20. The number of amides is 1. The number of para-hydroxylation sites is 1. The lowest BCUT2D eigenvalue weighted by Crippen LogP contribution is -2.22. The molecule has 0 bridgehead atoms. The average Bonchev–Trinajstić information content (AvgIpc) is 2.74. The SMILES string of the molecule is CCc1cc2cccc(Cl)c2c(=O)n1-c1ccccc1.Cc1cc(N)c(C(N)=O)cn1. The average molecular weight is 435 g/mol. The Labute approximate surface area is 185 Å². The Kier molecular flexibility index (Phi) is 6.72. The zero-order chi connectivity index (χ0) is 22.5. The third kappa shape index (κ3) is 4.75. The van der Waals surface area contributed by atoms with Crippen molar-refractivity contribution in [2.75, 3.05) is 5.73 Å². The molecule has 0 atom stereocenters. The van der Waals surface area contributed by atoms with Crippen LogP contribution in [0.25, 0.3) is 16.5 Å². The molecule has 2 aromatic heterocycles. The fraction of sp³-hybridized carbons (Fsp3) is 0.125. The van der Waals surface area contributed by atoms with Crippen molar-refractivity contribution in [1.29, 1.82) is 0 Å². The molecule has 158 valence electrons. The molecule has 0 aliphatic heterocycles. The molecule has 4 aromatic rings. The van der Waals surface area contributed by atoms with Gasteiger partial charge in [-0.3, -0.25) is 19.1 Å². The van der Waals surface area contributed by atoms with E-state index in [1.165, 1.54) is 6.20 Å². The lowest BCUT2D eigenvalue weighted by Gasteiger charge is -2.14. The Balaban J connectivity index is 0.000000210. The number of fused-ring (bicyclic) bond motifs is 1. The van der Waals surface area contributed by atoms with Gasteiger partial charge < -0.3 is 11.5 Å². The van der Waals surface area contributed by atoms with Crippen LogP contribution >= 0.6 is 11.6 Å². The van der Waals surface area contributed by atoms with Crippen molar-refractivity contribution in [3.8, 4) is 5.69 Å². The minimum atomic E-state index is -0.546. The van der Waals surface area contributed by atoms with Gasteiger partial charge in [-0.2, -0.15) is 0 Å². The zero-order valence-corrected chi connectivity index (χ0v) is 18.1. The minimum absolute atomic E-state index is 0.0591. The number of hydrogen-bond acceptors (Lipinski definition) is 4. The summed E-state index contributed by atoms with van der Waals surface area (Å²) in [5, 5.41) is 1.97. The van der Waals surface area contributed by atoms with E-state index in [0.717, 1.165) is 28.9 Å². The number of anilines is 1. The third-order valence-corrected chi connectivity index (χ3v) is 5.10. The standard InChI is InChI=1S/C17H14ClNO.C7H9N3O/c1-2-13-11-12-7-6-10-15(18)16(12)17(20)19(13)14-8-4-3-5-9-14;1-4-2-6(8)5(3-10-4)7(9)11/h3-11H,2H2,1H3;2-3H,1H3,(H2,8,10)(H2,9,11). The summed E-state index contributed by atoms with van der Waals surface area (Å²) < 4.78 is 1.74. The quantitative estimate of drug-likeness (QED) is 0.502. The number of nitrogens with zero attached hydrogens (tertiary/aromatic N) is 2. The number of hydrogen-bond donors (Lipinski definition) is 2. The molecule has 4 N–H and O–H groups in total. The summed E-state index contributed by atoms with van der Waals surface area (Å²) in [5.41, 5.74) is 13.7. The number of carbonyl (C=O) groups excluding carboxylic acids is 1. The molecule has 0 unspecified atom stereocenters. The van der Waals surface area contributed by atoms with E-state index >= 15 is 0 Å². The van der Waals surface area contributed by atoms with Gasteiger partial charge in [-0.15, -0.1) is 0 Å². The first-order chi connectivity index (χ1) is 14.8. The number of nitrogen functional groups attached to an aromatic ring is 1. The Morgan fingerprint density at radius 2 is 1.81 bits per heavy atom. The smallest absolute Gasteiger partial charge is 0.264 e. The van der Waals surface area contributed by atoms with Crippen LogP contribution in [0.5, 0.6) is 0 Å². The highest BCUT2D eigenvalue weighted by atomic mass is 35.5. The first kappa shape index (κ1) is 22.1. The zero-order valence-electron chi connectivity index (χ0n) is 17.3. The van der Waals surface area contributed by atoms with Crippen molar-refractivity contribution in [3.05, 3.63) is 99.2 Å². The summed E-state index contributed by atoms with van der Waals surface area (Å²) in [6, 6.07) is 18.9. The number of benzene rings is 2. The van der Waals surface area contributed by atoms with Crippen LogP contribution in [0.2, 0.25) is 5.02 Å². The number of rotatable bonds is 3. The normalized spacial score (nSPS) is 10.4. The third-order valence-electron chi connectivity index (χ3n) is 4.79. The summed E-state index contributed by atoms with van der Waals surface area (Å²) in [6.07, 6.45) is 2.17. The second-order valence-electron chi connectivity index (χ2n) is 6.95. The number of carbonyl (C=O) groups is 1. The largest absolute Gasteiger partial charge is 0.398 e. The van der Waals surface area contributed by atoms with Crippen LogP contribution in [0, 0.1) is 6.92 Å². The second-order valence-corrected chi connectivity index (χ2v) is 7.35. The van der Waals surface area contributed by atoms with E-state index in [1.807, 2.05) is 55.5 Å². The molecule has 4 rings (SSSR count). The summed E-state index contributed by atoms with van der Waals surface area (Å²) in [5.74, 6) is -0.546. The summed E-state index contributed by atoms with van der Waals surface area (Å²) in [7, 11) is 0. The van der Waals surface area contributed by atoms with Crippen LogP contribution in [0.1, 0.15) is 28.7 Å². The molecule has 31 heavy (non-hydrogen) atoms. The van der Waals surface area contributed by atoms with Crippen LogP contribution in [-0.2, 0) is 6.42 Å². The molecule has 1 amide bonds. The highest BCUT2D eigenvalue weighted by Crippen LogP contribution is 2.22. The molecule has 0 aliphatic rings. The van der Waals surface area contributed by atoms with Gasteiger partial charge in [0.05, 0.1) is 16.0 Å². The molecule has 0 saturated heterocycles. The van der Waals surface area contributed by atoms with Crippen LogP contribution in [0.3, 0.4) is 0 Å². The number of aryl methyl sites for hydroxylation is 2. The van der Waals surface area contributed by atoms with Crippen LogP contribution in [0.4, 0.5) is 5.69 Å². The van der Waals surface area contributed by atoms with Gasteiger partial charge in [0.1, 0.15) is 0 Å². The van der Waals surface area contributed by atoms with Gasteiger partial charge in [-0.1, -0.05) is 48.9 Å². The van der Waals surface area contributed by atoms with Crippen LogP contribution < -0.4 is 17.0 Å². The van der Waals surface area contributed by atoms with Crippen LogP contribution in [-0.4, -0.2) is 15.5 Å². The van der Waals surface area contributed by atoms with Crippen molar-refractivity contribution in [1.82, 2.24) is 9.55 Å². The maximum Gasteiger partial charge on any atom is 0.264 e. The second kappa shape index (κ2) is 9.45. The predicted octanol–water partition coefficient (Wildman–Crippen LogP) is 4.28.